The van der Waals surface area contributed by atoms with Crippen LogP contribution in [-0.4, -0.2) is 16.6 Å². The van der Waals surface area contributed by atoms with E-state index in [0.29, 0.717) is 0 Å². The van der Waals surface area contributed by atoms with Gasteiger partial charge in [0, 0.05) is 21.7 Å². The van der Waals surface area contributed by atoms with Crippen LogP contribution in [0.4, 0.5) is 0 Å². The van der Waals surface area contributed by atoms with E-state index in [9.17, 15) is 0 Å². The van der Waals surface area contributed by atoms with Gasteiger partial charge < -0.3 is 9.88 Å². The Bertz CT molecular complexity index is 435. The molecule has 0 saturated heterocycles. The predicted octanol–water partition coefficient (Wildman–Crippen LogP) is 2.47. The number of rotatable bonds is 4. The molecule has 0 aliphatic carbocycles. The number of nitrogens with one attached hydrogen (secondary N) is 1. The van der Waals surface area contributed by atoms with Crippen LogP contribution in [0.25, 0.3) is 0 Å². The van der Waals surface area contributed by atoms with Crippen LogP contribution < -0.4 is 5.32 Å². The second-order valence-corrected chi connectivity index (χ2v) is 5.05. The highest BCUT2D eigenvalue weighted by Crippen LogP contribution is 2.23. The van der Waals surface area contributed by atoms with Crippen LogP contribution in [0.5, 0.6) is 0 Å². The average Bonchev–Trinajstić information content (AvgIpc) is 2.80. The lowest BCUT2D eigenvalue weighted by atomic mass is 10.4. The van der Waals surface area contributed by atoms with Crippen LogP contribution in [0.15, 0.2) is 28.3 Å². The van der Waals surface area contributed by atoms with Gasteiger partial charge in [0.15, 0.2) is 0 Å². The van der Waals surface area contributed by atoms with Crippen LogP contribution in [0.1, 0.15) is 10.7 Å². The highest BCUT2D eigenvalue weighted by atomic mass is 79.9. The highest BCUT2D eigenvalue weighted by Gasteiger charge is 2.05. The maximum absolute atomic E-state index is 4.31. The number of hydrogen-bond donors (Lipinski definition) is 1. The van der Waals surface area contributed by atoms with Gasteiger partial charge in [0.05, 0.1) is 13.1 Å². The Morgan fingerprint density at radius 3 is 3.13 bits per heavy atom. The van der Waals surface area contributed by atoms with Gasteiger partial charge in [-0.1, -0.05) is 0 Å². The minimum atomic E-state index is 0.802. The number of nitrogens with zero attached hydrogens (tertiary/aromatic N) is 2. The molecule has 0 unspecified atom stereocenters. The van der Waals surface area contributed by atoms with Crippen molar-refractivity contribution in [3.8, 4) is 0 Å². The maximum Gasteiger partial charge on any atom is 0.122 e. The number of thiophene rings is 1. The van der Waals surface area contributed by atoms with E-state index in [4.69, 9.17) is 0 Å². The average molecular weight is 286 g/mol. The highest BCUT2D eigenvalue weighted by molar-refractivity contribution is 9.10. The quantitative estimate of drug-likeness (QED) is 0.935. The Morgan fingerprint density at radius 2 is 2.47 bits per heavy atom. The van der Waals surface area contributed by atoms with E-state index in [0.717, 1.165) is 18.9 Å². The molecule has 2 aromatic heterocycles. The van der Waals surface area contributed by atoms with E-state index < -0.39 is 0 Å². The minimum Gasteiger partial charge on any atom is -0.329 e. The molecule has 5 heteroatoms. The molecule has 0 aliphatic heterocycles. The summed E-state index contributed by atoms with van der Waals surface area (Å²) in [6, 6.07) is 2.08. The Labute approximate surface area is 101 Å². The third-order valence-electron chi connectivity index (χ3n) is 2.14. The lowest BCUT2D eigenvalue weighted by Crippen LogP contribution is -2.12. The van der Waals surface area contributed by atoms with Gasteiger partial charge in [-0.25, -0.2) is 4.98 Å². The Morgan fingerprint density at radius 1 is 1.60 bits per heavy atom. The molecule has 0 atom stereocenters. The number of halogens is 1. The molecule has 0 aromatic carbocycles. The largest absolute Gasteiger partial charge is 0.329 e. The number of aromatic nitrogens is 2. The van der Waals surface area contributed by atoms with E-state index in [1.807, 2.05) is 19.4 Å². The number of hydrogen-bond acceptors (Lipinski definition) is 3. The van der Waals surface area contributed by atoms with Crippen molar-refractivity contribution in [2.24, 2.45) is 0 Å². The van der Waals surface area contributed by atoms with E-state index in [2.05, 4.69) is 42.2 Å². The molecule has 0 saturated carbocycles. The molecule has 0 amide bonds. The van der Waals surface area contributed by atoms with Crippen molar-refractivity contribution in [1.82, 2.24) is 14.9 Å². The summed E-state index contributed by atoms with van der Waals surface area (Å²) in [5, 5.41) is 5.20. The predicted molar refractivity (Wildman–Crippen MR) is 66.1 cm³/mol. The zero-order valence-electron chi connectivity index (χ0n) is 8.40. The topological polar surface area (TPSA) is 29.9 Å². The van der Waals surface area contributed by atoms with Crippen molar-refractivity contribution in [3.05, 3.63) is 39.0 Å². The van der Waals surface area contributed by atoms with Crippen molar-refractivity contribution in [2.45, 2.75) is 13.1 Å². The molecule has 0 fully saturated rings. The summed E-state index contributed by atoms with van der Waals surface area (Å²) < 4.78 is 3.34. The van der Waals surface area contributed by atoms with Crippen LogP contribution in [0, 0.1) is 0 Å². The molecule has 0 spiro atoms. The Balaban J connectivity index is 2.17. The third-order valence-corrected chi connectivity index (χ3v) is 4.05. The molecule has 0 aliphatic rings. The van der Waals surface area contributed by atoms with Gasteiger partial charge in [-0.05, 0) is 34.4 Å². The summed E-state index contributed by atoms with van der Waals surface area (Å²) in [5.41, 5.74) is 0. The molecule has 80 valence electrons. The van der Waals surface area contributed by atoms with E-state index in [1.165, 1.54) is 9.35 Å². The summed E-state index contributed by atoms with van der Waals surface area (Å²) in [5.74, 6) is 1.07. The summed E-state index contributed by atoms with van der Waals surface area (Å²) in [4.78, 5) is 5.63. The van der Waals surface area contributed by atoms with Gasteiger partial charge in [0.25, 0.3) is 0 Å². The Kier molecular flexibility index (Phi) is 3.56. The van der Waals surface area contributed by atoms with Gasteiger partial charge in [-0.3, -0.25) is 0 Å². The minimum absolute atomic E-state index is 0.802. The molecule has 2 heterocycles. The maximum atomic E-state index is 4.31. The lowest BCUT2D eigenvalue weighted by molar-refractivity contribution is 0.676. The first-order valence-corrected chi connectivity index (χ1v) is 6.35. The van der Waals surface area contributed by atoms with Crippen LogP contribution >= 0.6 is 27.3 Å². The second kappa shape index (κ2) is 4.92. The lowest BCUT2D eigenvalue weighted by Gasteiger charge is -2.06. The molecule has 3 nitrogen and oxygen atoms in total. The van der Waals surface area contributed by atoms with Gasteiger partial charge in [0.1, 0.15) is 5.82 Å². The zero-order valence-corrected chi connectivity index (χ0v) is 10.8. The summed E-state index contributed by atoms with van der Waals surface area (Å²) >= 11 is 5.30. The second-order valence-electron chi connectivity index (χ2n) is 3.19. The van der Waals surface area contributed by atoms with Crippen LogP contribution in [0.2, 0.25) is 0 Å². The summed E-state index contributed by atoms with van der Waals surface area (Å²) in [6.07, 6.45) is 3.85. The van der Waals surface area contributed by atoms with Crippen molar-refractivity contribution < 1.29 is 0 Å². The molecular formula is C10H12BrN3S. The molecule has 0 radical (unpaired) electrons. The van der Waals surface area contributed by atoms with Gasteiger partial charge in [-0.2, -0.15) is 0 Å². The fraction of sp³-hybridized carbons (Fsp3) is 0.300. The molecule has 15 heavy (non-hydrogen) atoms. The molecular weight excluding hydrogens is 274 g/mol. The normalized spacial score (nSPS) is 10.8. The first-order valence-electron chi connectivity index (χ1n) is 4.67. The van der Waals surface area contributed by atoms with Gasteiger partial charge >= 0.3 is 0 Å². The van der Waals surface area contributed by atoms with Crippen LogP contribution in [0.3, 0.4) is 0 Å². The van der Waals surface area contributed by atoms with Gasteiger partial charge in [0.2, 0.25) is 0 Å². The van der Waals surface area contributed by atoms with Crippen molar-refractivity contribution in [1.29, 1.82) is 0 Å². The monoisotopic (exact) mass is 285 g/mol. The van der Waals surface area contributed by atoms with E-state index in [-0.39, 0.29) is 0 Å². The first kappa shape index (κ1) is 10.9. The van der Waals surface area contributed by atoms with Crippen molar-refractivity contribution >= 4 is 27.3 Å². The first-order chi connectivity index (χ1) is 7.31. The van der Waals surface area contributed by atoms with Crippen LogP contribution in [-0.2, 0) is 13.1 Å². The smallest absolute Gasteiger partial charge is 0.122 e. The van der Waals surface area contributed by atoms with Crippen molar-refractivity contribution in [3.63, 3.8) is 0 Å². The fourth-order valence-corrected chi connectivity index (χ4v) is 2.88. The Hall–Kier alpha value is -0.650. The van der Waals surface area contributed by atoms with Gasteiger partial charge in [-0.15, -0.1) is 11.3 Å². The molecule has 2 rings (SSSR count). The standard InChI is InChI=1S/C10H12BrN3S/c1-12-6-10-13-3-4-14(10)7-9-8(11)2-5-15-9/h2-5,12H,6-7H2,1H3. The van der Waals surface area contributed by atoms with E-state index in [1.54, 1.807) is 11.3 Å². The van der Waals surface area contributed by atoms with Crippen molar-refractivity contribution in [2.75, 3.05) is 7.05 Å². The zero-order chi connectivity index (χ0) is 10.7. The third kappa shape index (κ3) is 2.48. The SMILES string of the molecule is CNCc1nccn1Cc1sccc1Br. The fourth-order valence-electron chi connectivity index (χ4n) is 1.40. The number of imidazole rings is 1. The molecule has 2 aromatic rings. The summed E-state index contributed by atoms with van der Waals surface area (Å²) in [7, 11) is 1.93. The molecule has 1 N–H and O–H groups in total. The molecule has 0 bridgehead atoms. The summed E-state index contributed by atoms with van der Waals surface area (Å²) in [6.45, 7) is 1.69. The van der Waals surface area contributed by atoms with E-state index >= 15 is 0 Å².